The Morgan fingerprint density at radius 1 is 0.963 bits per heavy atom. The normalized spacial score (nSPS) is 12.7. The zero-order valence-corrected chi connectivity index (χ0v) is 33.5. The highest BCUT2D eigenvalue weighted by atomic mass is 32.2. The van der Waals surface area contributed by atoms with Crippen LogP contribution in [0.15, 0.2) is 85.1 Å². The summed E-state index contributed by atoms with van der Waals surface area (Å²) in [5.74, 6) is 0.701. The molecular weight excluding hydrogens is 725 g/mol. The fourth-order valence-corrected chi connectivity index (χ4v) is 12.0. The van der Waals surface area contributed by atoms with Crippen LogP contribution >= 0.6 is 0 Å². The van der Waals surface area contributed by atoms with Crippen molar-refractivity contribution in [2.24, 2.45) is 0 Å². The summed E-state index contributed by atoms with van der Waals surface area (Å²) in [5.41, 5.74) is 2.54. The lowest BCUT2D eigenvalue weighted by molar-refractivity contribution is 0.186. The third kappa shape index (κ3) is 9.63. The second-order valence-electron chi connectivity index (χ2n) is 14.2. The van der Waals surface area contributed by atoms with Crippen molar-refractivity contribution in [1.29, 1.82) is 0 Å². The van der Waals surface area contributed by atoms with Crippen LogP contribution in [-0.4, -0.2) is 79.8 Å². The average Bonchev–Trinajstić information content (AvgIpc) is 3.55. The van der Waals surface area contributed by atoms with Crippen LogP contribution in [0.25, 0.3) is 11.0 Å². The third-order valence-corrected chi connectivity index (χ3v) is 15.1. The van der Waals surface area contributed by atoms with E-state index in [1.165, 1.54) is 17.5 Å². The van der Waals surface area contributed by atoms with Gasteiger partial charge in [0, 0.05) is 18.2 Å². The van der Waals surface area contributed by atoms with Crippen LogP contribution in [0.3, 0.4) is 0 Å². The molecule has 1 atom stereocenters. The highest BCUT2D eigenvalue weighted by molar-refractivity contribution is 7.85. The molecule has 2 aromatic heterocycles. The van der Waals surface area contributed by atoms with Gasteiger partial charge in [0.15, 0.2) is 5.82 Å². The maximum Gasteiger partial charge on any atom is 0.413 e. The van der Waals surface area contributed by atoms with Gasteiger partial charge in [-0.25, -0.2) is 9.78 Å². The smallest absolute Gasteiger partial charge is 0.413 e. The van der Waals surface area contributed by atoms with Gasteiger partial charge in [0.2, 0.25) is 5.95 Å². The number of benzene rings is 3. The minimum absolute atomic E-state index is 0.0556. The topological polar surface area (TPSA) is 167 Å². The Morgan fingerprint density at radius 2 is 1.63 bits per heavy atom. The average molecular weight is 775 g/mol. The molecule has 0 aliphatic heterocycles. The van der Waals surface area contributed by atoms with Crippen molar-refractivity contribution in [3.05, 3.63) is 96.2 Å². The lowest BCUT2D eigenvalue weighted by Gasteiger charge is -2.43. The van der Waals surface area contributed by atoms with Gasteiger partial charge in [-0.15, -0.1) is 0 Å². The molecule has 0 aliphatic carbocycles. The SMILES string of the molecule is CCCC(CCO[Si](c1ccccc1)(c1ccccc1)C(C)(C)C)Nc1nc(NC(=O)OC)nc2cnn(Cc3cc(CCS(=O)(=O)O)ccc3OC)c12. The molecule has 0 aliphatic rings. The van der Waals surface area contributed by atoms with Crippen LogP contribution in [0.2, 0.25) is 5.04 Å². The monoisotopic (exact) mass is 774 g/mol. The van der Waals surface area contributed by atoms with Crippen molar-refractivity contribution in [2.45, 2.75) is 71.0 Å². The van der Waals surface area contributed by atoms with Crippen LogP contribution in [0, 0.1) is 0 Å². The van der Waals surface area contributed by atoms with Crippen molar-refractivity contribution in [2.75, 3.05) is 37.2 Å². The van der Waals surface area contributed by atoms with E-state index in [0.29, 0.717) is 41.2 Å². The summed E-state index contributed by atoms with van der Waals surface area (Å²) in [5, 5.41) is 13.1. The molecule has 3 N–H and O–H groups in total. The van der Waals surface area contributed by atoms with Gasteiger partial charge >= 0.3 is 6.09 Å². The Bertz CT molecular complexity index is 2090. The molecule has 1 amide bonds. The molecule has 0 radical (unpaired) electrons. The van der Waals surface area contributed by atoms with Gasteiger partial charge < -0.3 is 19.2 Å². The van der Waals surface area contributed by atoms with E-state index in [2.05, 4.69) is 96.9 Å². The van der Waals surface area contributed by atoms with E-state index in [1.54, 1.807) is 30.1 Å². The Hall–Kier alpha value is -4.83. The number of amides is 1. The van der Waals surface area contributed by atoms with E-state index in [-0.39, 0.29) is 30.0 Å². The first-order chi connectivity index (χ1) is 25.8. The van der Waals surface area contributed by atoms with E-state index in [0.717, 1.165) is 18.4 Å². The molecule has 13 nitrogen and oxygen atoms in total. The zero-order valence-electron chi connectivity index (χ0n) is 31.7. The molecule has 5 rings (SSSR count). The van der Waals surface area contributed by atoms with Crippen LogP contribution in [-0.2, 0) is 32.2 Å². The lowest BCUT2D eigenvalue weighted by Crippen LogP contribution is -2.66. The lowest BCUT2D eigenvalue weighted by atomic mass is 10.1. The van der Waals surface area contributed by atoms with Crippen LogP contribution in [0.5, 0.6) is 5.75 Å². The molecule has 0 fully saturated rings. The second-order valence-corrected chi connectivity index (χ2v) is 20.0. The van der Waals surface area contributed by atoms with E-state index in [4.69, 9.17) is 18.9 Å². The van der Waals surface area contributed by atoms with E-state index in [1.807, 2.05) is 18.2 Å². The van der Waals surface area contributed by atoms with Gasteiger partial charge in [-0.2, -0.15) is 18.5 Å². The van der Waals surface area contributed by atoms with E-state index in [9.17, 15) is 17.8 Å². The minimum Gasteiger partial charge on any atom is -0.496 e. The predicted octanol–water partition coefficient (Wildman–Crippen LogP) is 6.04. The molecular formula is C39H50N6O7SSi. The summed E-state index contributed by atoms with van der Waals surface area (Å²) >= 11 is 0. The van der Waals surface area contributed by atoms with E-state index >= 15 is 0 Å². The quantitative estimate of drug-likeness (QED) is 0.0745. The van der Waals surface area contributed by atoms with Crippen molar-refractivity contribution in [3.63, 3.8) is 0 Å². The highest BCUT2D eigenvalue weighted by Gasteiger charge is 2.50. The first kappa shape index (κ1) is 40.4. The van der Waals surface area contributed by atoms with Crippen LogP contribution < -0.4 is 25.7 Å². The summed E-state index contributed by atoms with van der Waals surface area (Å²) in [6, 6.07) is 26.4. The molecule has 0 bridgehead atoms. The van der Waals surface area contributed by atoms with Gasteiger partial charge in [-0.3, -0.25) is 14.6 Å². The number of nitrogens with one attached hydrogen (secondary N) is 2. The van der Waals surface area contributed by atoms with Gasteiger partial charge in [-0.05, 0) is 46.3 Å². The Balaban J connectivity index is 1.49. The number of hydrogen-bond acceptors (Lipinski definition) is 10. The van der Waals surface area contributed by atoms with Crippen LogP contribution in [0.1, 0.15) is 58.1 Å². The van der Waals surface area contributed by atoms with Gasteiger partial charge in [0.25, 0.3) is 18.4 Å². The number of aryl methyl sites for hydroxylation is 1. The summed E-state index contributed by atoms with van der Waals surface area (Å²) in [7, 11) is -4.07. The first-order valence-corrected chi connectivity index (χ1v) is 21.5. The first-order valence-electron chi connectivity index (χ1n) is 18.0. The summed E-state index contributed by atoms with van der Waals surface area (Å²) in [6.45, 7) is 9.63. The Morgan fingerprint density at radius 3 is 2.20 bits per heavy atom. The number of anilines is 2. The molecule has 3 aromatic carbocycles. The summed E-state index contributed by atoms with van der Waals surface area (Å²) < 4.78 is 51.6. The second kappa shape index (κ2) is 17.5. The largest absolute Gasteiger partial charge is 0.496 e. The molecule has 5 aromatic rings. The number of nitrogens with zero attached hydrogens (tertiary/aromatic N) is 4. The minimum atomic E-state index is -4.14. The Labute approximate surface area is 318 Å². The fourth-order valence-electron chi connectivity index (χ4n) is 6.88. The maximum absolute atomic E-state index is 12.2. The predicted molar refractivity (Wildman–Crippen MR) is 214 cm³/mol. The van der Waals surface area contributed by atoms with Crippen LogP contribution in [0.4, 0.5) is 16.6 Å². The number of carbonyl (C=O) groups is 1. The van der Waals surface area contributed by atoms with Gasteiger partial charge in [-0.1, -0.05) is 107 Å². The maximum atomic E-state index is 12.2. The van der Waals surface area contributed by atoms with Crippen molar-refractivity contribution < 1.29 is 31.7 Å². The summed E-state index contributed by atoms with van der Waals surface area (Å²) in [6.07, 6.45) is 3.39. The number of aromatic nitrogens is 4. The molecule has 0 spiro atoms. The highest BCUT2D eigenvalue weighted by Crippen LogP contribution is 2.37. The Kier molecular flexibility index (Phi) is 13.1. The molecule has 15 heteroatoms. The van der Waals surface area contributed by atoms with Crippen molar-refractivity contribution in [1.82, 2.24) is 19.7 Å². The van der Waals surface area contributed by atoms with E-state index < -0.39 is 30.3 Å². The molecule has 2 heterocycles. The number of fused-ring (bicyclic) bond motifs is 1. The molecule has 288 valence electrons. The number of ether oxygens (including phenoxy) is 2. The molecule has 0 saturated carbocycles. The number of methoxy groups -OCH3 is 2. The zero-order chi connectivity index (χ0) is 38.9. The summed E-state index contributed by atoms with van der Waals surface area (Å²) in [4.78, 5) is 21.5. The molecule has 54 heavy (non-hydrogen) atoms. The third-order valence-electron chi connectivity index (χ3n) is 9.38. The van der Waals surface area contributed by atoms with Crippen molar-refractivity contribution >= 4 is 57.7 Å². The van der Waals surface area contributed by atoms with Gasteiger partial charge in [0.05, 0.1) is 32.7 Å². The molecule has 1 unspecified atom stereocenters. The number of hydrogen-bond donors (Lipinski definition) is 3. The number of rotatable bonds is 17. The standard InChI is InChI=1S/C39H50N6O7SSi/c1-7-14-30(21-23-52-54(39(2,3)4,31-15-10-8-11-16-31)32-17-12-9-13-18-32)41-36-35-33(42-37(43-36)44-38(46)51-6)26-40-45(35)27-29-25-28(19-20-34(29)50-5)22-24-53(47,48)49/h8-13,15-20,25-26,30H,7,14,21-24,27H2,1-6H3,(H,47,48,49)(H2,41,42,43,44,46). The fraction of sp³-hybridized carbons (Fsp3) is 0.385. The number of carbonyl (C=O) groups excluding carboxylic acids is 1. The van der Waals surface area contributed by atoms with Gasteiger partial charge in [0.1, 0.15) is 16.8 Å². The molecule has 0 saturated heterocycles. The van der Waals surface area contributed by atoms with Crippen molar-refractivity contribution in [3.8, 4) is 5.75 Å².